The van der Waals surface area contributed by atoms with E-state index in [9.17, 15) is 9.59 Å². The van der Waals surface area contributed by atoms with E-state index in [1.807, 2.05) is 0 Å². The Morgan fingerprint density at radius 2 is 1.31 bits per heavy atom. The molecule has 1 aliphatic heterocycles. The summed E-state index contributed by atoms with van der Waals surface area (Å²) < 4.78 is 4.82. The molecule has 1 aliphatic carbocycles. The van der Waals surface area contributed by atoms with Crippen molar-refractivity contribution in [3.05, 3.63) is 55.5 Å². The minimum Gasteiger partial charge on any atom is -0.441 e. The lowest BCUT2D eigenvalue weighted by molar-refractivity contribution is 0.636. The topological polar surface area (TPSA) is 47.3 Å². The summed E-state index contributed by atoms with van der Waals surface area (Å²) in [5.41, 5.74) is 0.0998. The van der Waals surface area contributed by atoms with Crippen molar-refractivity contribution in [2.75, 3.05) is 0 Å². The molecule has 0 aromatic heterocycles. The molecular formula is C10H4O3. The molecule has 1 heterocycles. The molecule has 2 aliphatic rings. The molecule has 0 unspecified atom stereocenters. The van der Waals surface area contributed by atoms with E-state index in [1.165, 1.54) is 0 Å². The van der Waals surface area contributed by atoms with Gasteiger partial charge in [0, 0.05) is 10.8 Å². The van der Waals surface area contributed by atoms with Crippen LogP contribution >= 0.6 is 0 Å². The minimum absolute atomic E-state index is 0.176. The van der Waals surface area contributed by atoms with Gasteiger partial charge in [0.15, 0.2) is 0 Å². The maximum atomic E-state index is 11.5. The smallest absolute Gasteiger partial charge is 0.233 e. The molecule has 3 nitrogen and oxygen atoms in total. The SMILES string of the molecule is O=c1c2oc=2c(=O)c2ccccc12. The number of hydrogen-bond acceptors (Lipinski definition) is 3. The minimum atomic E-state index is -0.176. The molecule has 13 heavy (non-hydrogen) atoms. The molecule has 0 fully saturated rings. The molecule has 0 atom stereocenters. The van der Waals surface area contributed by atoms with Crippen molar-refractivity contribution in [1.29, 1.82) is 0 Å². The summed E-state index contributed by atoms with van der Waals surface area (Å²) in [6, 6.07) is 6.75. The quantitative estimate of drug-likeness (QED) is 0.502. The predicted molar refractivity (Wildman–Crippen MR) is 46.4 cm³/mol. The van der Waals surface area contributed by atoms with Crippen LogP contribution in [0.1, 0.15) is 0 Å². The van der Waals surface area contributed by atoms with Crippen LogP contribution in [0.2, 0.25) is 0 Å². The summed E-state index contributed by atoms with van der Waals surface area (Å²) in [6.45, 7) is 0. The van der Waals surface area contributed by atoms with E-state index in [1.54, 1.807) is 24.3 Å². The second-order valence-corrected chi connectivity index (χ2v) is 2.96. The van der Waals surface area contributed by atoms with Gasteiger partial charge < -0.3 is 4.42 Å². The molecule has 3 heteroatoms. The molecule has 3 rings (SSSR count). The van der Waals surface area contributed by atoms with Crippen LogP contribution in [0, 0.1) is 10.8 Å². The van der Waals surface area contributed by atoms with Crippen molar-refractivity contribution in [2.24, 2.45) is 0 Å². The fourth-order valence-corrected chi connectivity index (χ4v) is 1.50. The van der Waals surface area contributed by atoms with Gasteiger partial charge in [0.2, 0.25) is 21.7 Å². The lowest BCUT2D eigenvalue weighted by Crippen LogP contribution is -2.07. The summed E-state index contributed by atoms with van der Waals surface area (Å²) in [7, 11) is 0. The second kappa shape index (κ2) is 1.88. The third kappa shape index (κ3) is 0.685. The monoisotopic (exact) mass is 172 g/mol. The lowest BCUT2D eigenvalue weighted by atomic mass is 10.1. The maximum Gasteiger partial charge on any atom is 0.233 e. The van der Waals surface area contributed by atoms with Crippen molar-refractivity contribution in [2.45, 2.75) is 0 Å². The van der Waals surface area contributed by atoms with E-state index in [4.69, 9.17) is 4.42 Å². The fraction of sp³-hybridized carbons (Fsp3) is 0. The van der Waals surface area contributed by atoms with Crippen LogP contribution < -0.4 is 10.9 Å². The Morgan fingerprint density at radius 3 is 1.77 bits per heavy atom. The number of benzene rings is 1. The summed E-state index contributed by atoms with van der Waals surface area (Å²) in [5.74, 6) is 0. The summed E-state index contributed by atoms with van der Waals surface area (Å²) in [6.07, 6.45) is 0. The highest BCUT2D eigenvalue weighted by molar-refractivity contribution is 5.81. The van der Waals surface area contributed by atoms with E-state index < -0.39 is 0 Å². The Bertz CT molecular complexity index is 664. The second-order valence-electron chi connectivity index (χ2n) is 2.96. The normalized spacial score (nSPS) is 11.7. The van der Waals surface area contributed by atoms with Gasteiger partial charge in [-0.2, -0.15) is 0 Å². The van der Waals surface area contributed by atoms with Crippen LogP contribution in [-0.4, -0.2) is 0 Å². The van der Waals surface area contributed by atoms with Crippen LogP contribution in [0.3, 0.4) is 0 Å². The van der Waals surface area contributed by atoms with Crippen LogP contribution in [0.5, 0.6) is 0 Å². The number of rotatable bonds is 0. The van der Waals surface area contributed by atoms with Crippen molar-refractivity contribution in [3.63, 3.8) is 0 Å². The highest BCUT2D eigenvalue weighted by Crippen LogP contribution is 2.08. The highest BCUT2D eigenvalue weighted by atomic mass is 16.4. The zero-order valence-electron chi connectivity index (χ0n) is 6.53. The van der Waals surface area contributed by atoms with Crippen molar-refractivity contribution < 1.29 is 4.42 Å². The predicted octanol–water partition coefficient (Wildman–Crippen LogP) is 0.754. The molecule has 62 valence electrons. The average Bonchev–Trinajstić information content (AvgIpc) is 2.94. The molecule has 0 bridgehead atoms. The zero-order valence-corrected chi connectivity index (χ0v) is 6.53. The van der Waals surface area contributed by atoms with E-state index in [0.717, 1.165) is 0 Å². The van der Waals surface area contributed by atoms with Crippen LogP contribution in [0.15, 0.2) is 38.3 Å². The van der Waals surface area contributed by atoms with Gasteiger partial charge >= 0.3 is 0 Å². The Balaban J connectivity index is 2.87. The van der Waals surface area contributed by atoms with Crippen molar-refractivity contribution in [1.82, 2.24) is 0 Å². The standard InChI is InChI=1S/C10H4O3/c11-7-5-3-1-2-4-6(5)8(12)10-9(7)13-10/h1-4H. The van der Waals surface area contributed by atoms with Gasteiger partial charge in [0.25, 0.3) is 0 Å². The van der Waals surface area contributed by atoms with E-state index in [2.05, 4.69) is 0 Å². The molecule has 0 N–H and O–H groups in total. The van der Waals surface area contributed by atoms with E-state index in [0.29, 0.717) is 10.8 Å². The molecule has 0 spiro atoms. The van der Waals surface area contributed by atoms with Gasteiger partial charge in [0.1, 0.15) is 0 Å². The largest absolute Gasteiger partial charge is 0.441 e. The lowest BCUT2D eigenvalue weighted by Gasteiger charge is -1.87. The summed E-state index contributed by atoms with van der Waals surface area (Å²) >= 11 is 0. The summed E-state index contributed by atoms with van der Waals surface area (Å²) in [4.78, 5) is 22.9. The molecule has 1 aromatic carbocycles. The number of hydrogen-bond donors (Lipinski definition) is 0. The van der Waals surface area contributed by atoms with Gasteiger partial charge in [-0.15, -0.1) is 0 Å². The average molecular weight is 172 g/mol. The number of fused-ring (bicyclic) bond motifs is 1. The van der Waals surface area contributed by atoms with Gasteiger partial charge in [-0.25, -0.2) is 0 Å². The molecular weight excluding hydrogens is 168 g/mol. The Labute approximate surface area is 71.6 Å². The molecule has 0 saturated carbocycles. The zero-order chi connectivity index (χ0) is 9.00. The Kier molecular flexibility index (Phi) is 0.953. The van der Waals surface area contributed by atoms with Gasteiger partial charge in [-0.3, -0.25) is 9.59 Å². The first-order valence-corrected chi connectivity index (χ1v) is 3.89. The van der Waals surface area contributed by atoms with E-state index >= 15 is 0 Å². The van der Waals surface area contributed by atoms with Gasteiger partial charge in [-0.05, 0) is 0 Å². The van der Waals surface area contributed by atoms with Gasteiger partial charge in [0.05, 0.1) is 0 Å². The molecule has 0 radical (unpaired) electrons. The van der Waals surface area contributed by atoms with E-state index in [-0.39, 0.29) is 21.7 Å². The van der Waals surface area contributed by atoms with Crippen LogP contribution in [0.4, 0.5) is 0 Å². The third-order valence-corrected chi connectivity index (χ3v) is 2.20. The fourth-order valence-electron chi connectivity index (χ4n) is 1.50. The van der Waals surface area contributed by atoms with Crippen molar-refractivity contribution >= 4 is 10.8 Å². The molecule has 0 saturated heterocycles. The first-order valence-electron chi connectivity index (χ1n) is 3.89. The van der Waals surface area contributed by atoms with Crippen molar-refractivity contribution in [3.8, 4) is 0 Å². The van der Waals surface area contributed by atoms with Crippen LogP contribution in [0.25, 0.3) is 10.8 Å². The molecule has 0 amide bonds. The molecule has 1 aromatic rings. The van der Waals surface area contributed by atoms with Gasteiger partial charge in [-0.1, -0.05) is 24.3 Å². The maximum absolute atomic E-state index is 11.5. The first-order chi connectivity index (χ1) is 6.29. The Morgan fingerprint density at radius 1 is 0.846 bits per heavy atom. The first kappa shape index (κ1) is 6.60. The highest BCUT2D eigenvalue weighted by Gasteiger charge is 2.15. The van der Waals surface area contributed by atoms with Crippen LogP contribution in [-0.2, 0) is 0 Å². The third-order valence-electron chi connectivity index (χ3n) is 2.20. The summed E-state index contributed by atoms with van der Waals surface area (Å²) in [5, 5.41) is 0.896. The Hall–Kier alpha value is -1.90.